The van der Waals surface area contributed by atoms with Gasteiger partial charge >= 0.3 is 0 Å². The lowest BCUT2D eigenvalue weighted by Crippen LogP contribution is -2.36. The van der Waals surface area contributed by atoms with Crippen molar-refractivity contribution in [1.29, 1.82) is 0 Å². The molecule has 20 heavy (non-hydrogen) atoms. The number of nitrogens with zero attached hydrogens (tertiary/aromatic N) is 1. The lowest BCUT2D eigenvalue weighted by atomic mass is 10.2. The maximum Gasteiger partial charge on any atom is 0.243 e. The maximum atomic E-state index is 12.6. The predicted molar refractivity (Wildman–Crippen MR) is 86.5 cm³/mol. The van der Waals surface area contributed by atoms with E-state index in [0.717, 1.165) is 0 Å². The van der Waals surface area contributed by atoms with Gasteiger partial charge in [-0.15, -0.1) is 0 Å². The number of halogens is 1. The van der Waals surface area contributed by atoms with Gasteiger partial charge in [-0.2, -0.15) is 4.31 Å². The quantitative estimate of drug-likeness (QED) is 0.779. The highest BCUT2D eigenvalue weighted by atomic mass is 35.5. The van der Waals surface area contributed by atoms with E-state index in [2.05, 4.69) is 0 Å². The molecule has 0 unspecified atom stereocenters. The van der Waals surface area contributed by atoms with E-state index in [4.69, 9.17) is 29.6 Å². The molecule has 7 heteroatoms. The minimum Gasteiger partial charge on any atom is -0.393 e. The van der Waals surface area contributed by atoms with E-state index in [1.54, 1.807) is 12.1 Å². The van der Waals surface area contributed by atoms with E-state index >= 15 is 0 Å². The molecule has 0 bridgehead atoms. The highest BCUT2D eigenvalue weighted by molar-refractivity contribution is 7.89. The lowest BCUT2D eigenvalue weighted by Gasteiger charge is -2.24. The van der Waals surface area contributed by atoms with Gasteiger partial charge in [0.15, 0.2) is 0 Å². The Morgan fingerprint density at radius 3 is 2.60 bits per heavy atom. The third kappa shape index (κ3) is 5.01. The Hall–Kier alpha value is -0.690. The third-order valence-corrected chi connectivity index (χ3v) is 4.91. The van der Waals surface area contributed by atoms with E-state index in [-0.39, 0.29) is 17.4 Å². The second-order valence-electron chi connectivity index (χ2n) is 4.93. The summed E-state index contributed by atoms with van der Waals surface area (Å²) in [4.78, 5) is 0.494. The fourth-order valence-electron chi connectivity index (χ4n) is 1.73. The summed E-state index contributed by atoms with van der Waals surface area (Å²) in [6, 6.07) is 6.25. The Kier molecular flexibility index (Phi) is 6.39. The highest BCUT2D eigenvalue weighted by Crippen LogP contribution is 2.20. The van der Waals surface area contributed by atoms with Crippen molar-refractivity contribution in [3.63, 3.8) is 0 Å². The maximum absolute atomic E-state index is 12.6. The molecule has 0 saturated heterocycles. The van der Waals surface area contributed by atoms with Gasteiger partial charge in [-0.3, -0.25) is 0 Å². The van der Waals surface area contributed by atoms with Crippen LogP contribution < -0.4 is 5.73 Å². The summed E-state index contributed by atoms with van der Waals surface area (Å²) < 4.78 is 26.6. The van der Waals surface area contributed by atoms with Crippen molar-refractivity contribution in [2.24, 2.45) is 11.7 Å². The average Bonchev–Trinajstić information content (AvgIpc) is 2.33. The fourth-order valence-corrected chi connectivity index (χ4v) is 3.73. The molecule has 2 N–H and O–H groups in total. The van der Waals surface area contributed by atoms with Gasteiger partial charge in [0.25, 0.3) is 0 Å². The molecule has 1 aromatic carbocycles. The predicted octanol–water partition coefficient (Wildman–Crippen LogP) is 2.66. The van der Waals surface area contributed by atoms with Crippen molar-refractivity contribution in [2.45, 2.75) is 25.2 Å². The first kappa shape index (κ1) is 17.4. The molecule has 0 fully saturated rings. The van der Waals surface area contributed by atoms with Crippen LogP contribution in [-0.4, -0.2) is 30.8 Å². The summed E-state index contributed by atoms with van der Waals surface area (Å²) in [6.45, 7) is 4.61. The summed E-state index contributed by atoms with van der Waals surface area (Å²) in [5.41, 5.74) is 5.47. The van der Waals surface area contributed by atoms with Crippen LogP contribution >= 0.6 is 23.8 Å². The van der Waals surface area contributed by atoms with Gasteiger partial charge in [-0.25, -0.2) is 8.42 Å². The zero-order chi connectivity index (χ0) is 15.3. The van der Waals surface area contributed by atoms with Gasteiger partial charge in [0.1, 0.15) is 0 Å². The molecule has 0 atom stereocenters. The summed E-state index contributed by atoms with van der Waals surface area (Å²) >= 11 is 10.7. The van der Waals surface area contributed by atoms with Crippen molar-refractivity contribution < 1.29 is 8.42 Å². The first-order valence-corrected chi connectivity index (χ1v) is 8.50. The number of nitrogens with two attached hydrogens (primary N) is 1. The Balaban J connectivity index is 3.06. The largest absolute Gasteiger partial charge is 0.393 e. The van der Waals surface area contributed by atoms with Crippen LogP contribution in [0.25, 0.3) is 0 Å². The molecule has 0 aliphatic rings. The standard InChI is InChI=1S/C13H19ClN2O2S2/c1-10(2)9-16(7-6-13(15)19)20(17,18)12-5-3-4-11(14)8-12/h3-5,8,10H,6-7,9H2,1-2H3,(H2,15,19). The number of hydrogen-bond acceptors (Lipinski definition) is 3. The number of thiocarbonyl (C=S) groups is 1. The summed E-state index contributed by atoms with van der Waals surface area (Å²) in [6.07, 6.45) is 0.363. The van der Waals surface area contributed by atoms with E-state index < -0.39 is 10.0 Å². The molecule has 112 valence electrons. The van der Waals surface area contributed by atoms with Gasteiger partial charge in [0, 0.05) is 24.5 Å². The second kappa shape index (κ2) is 7.36. The molecule has 0 amide bonds. The van der Waals surface area contributed by atoms with Gasteiger partial charge in [-0.05, 0) is 24.1 Å². The van der Waals surface area contributed by atoms with Gasteiger partial charge in [0.05, 0.1) is 9.88 Å². The first-order valence-electron chi connectivity index (χ1n) is 6.27. The SMILES string of the molecule is CC(C)CN(CCC(N)=S)S(=O)(=O)c1cccc(Cl)c1. The Labute approximate surface area is 131 Å². The topological polar surface area (TPSA) is 63.4 Å². The number of sulfonamides is 1. The average molecular weight is 335 g/mol. The Bertz CT molecular complexity index is 573. The van der Waals surface area contributed by atoms with Crippen LogP contribution in [0.15, 0.2) is 29.2 Å². The van der Waals surface area contributed by atoms with Crippen LogP contribution in [0.4, 0.5) is 0 Å². The highest BCUT2D eigenvalue weighted by Gasteiger charge is 2.25. The molecule has 0 aliphatic carbocycles. The lowest BCUT2D eigenvalue weighted by molar-refractivity contribution is 0.374. The van der Waals surface area contributed by atoms with E-state index in [1.165, 1.54) is 16.4 Å². The van der Waals surface area contributed by atoms with Crippen molar-refractivity contribution in [2.75, 3.05) is 13.1 Å². The molecule has 1 aromatic rings. The molecule has 0 saturated carbocycles. The Morgan fingerprint density at radius 1 is 1.45 bits per heavy atom. The zero-order valence-corrected chi connectivity index (χ0v) is 13.9. The molecule has 0 spiro atoms. The monoisotopic (exact) mass is 334 g/mol. The van der Waals surface area contributed by atoms with Crippen LogP contribution in [0, 0.1) is 5.92 Å². The summed E-state index contributed by atoms with van der Waals surface area (Å²) in [7, 11) is -3.58. The summed E-state index contributed by atoms with van der Waals surface area (Å²) in [5.74, 6) is 0.204. The van der Waals surface area contributed by atoms with Crippen molar-refractivity contribution in [3.8, 4) is 0 Å². The molecule has 0 heterocycles. The van der Waals surface area contributed by atoms with Crippen LogP contribution in [-0.2, 0) is 10.0 Å². The van der Waals surface area contributed by atoms with Gasteiger partial charge in [0.2, 0.25) is 10.0 Å². The minimum atomic E-state index is -3.58. The van der Waals surface area contributed by atoms with E-state index in [0.29, 0.717) is 23.0 Å². The first-order chi connectivity index (χ1) is 9.23. The van der Waals surface area contributed by atoms with Gasteiger partial charge < -0.3 is 5.73 Å². The Morgan fingerprint density at radius 2 is 2.10 bits per heavy atom. The molecular weight excluding hydrogens is 316 g/mol. The van der Waals surface area contributed by atoms with Crippen LogP contribution in [0.5, 0.6) is 0 Å². The summed E-state index contributed by atoms with van der Waals surface area (Å²) in [5, 5.41) is 0.393. The molecule has 0 aliphatic heterocycles. The van der Waals surface area contributed by atoms with E-state index in [1.807, 2.05) is 13.8 Å². The van der Waals surface area contributed by atoms with Crippen LogP contribution in [0.1, 0.15) is 20.3 Å². The molecule has 0 radical (unpaired) electrons. The number of rotatable bonds is 7. The van der Waals surface area contributed by atoms with E-state index in [9.17, 15) is 8.42 Å². The molecule has 1 rings (SSSR count). The molecule has 0 aromatic heterocycles. The zero-order valence-electron chi connectivity index (χ0n) is 11.5. The van der Waals surface area contributed by atoms with Crippen molar-refractivity contribution in [3.05, 3.63) is 29.3 Å². The van der Waals surface area contributed by atoms with Gasteiger partial charge in [-0.1, -0.05) is 43.7 Å². The van der Waals surface area contributed by atoms with Crippen molar-refractivity contribution >= 4 is 38.8 Å². The number of hydrogen-bond donors (Lipinski definition) is 1. The van der Waals surface area contributed by atoms with Crippen LogP contribution in [0.2, 0.25) is 5.02 Å². The third-order valence-electron chi connectivity index (χ3n) is 2.61. The smallest absolute Gasteiger partial charge is 0.243 e. The van der Waals surface area contributed by atoms with Crippen molar-refractivity contribution in [1.82, 2.24) is 4.31 Å². The second-order valence-corrected chi connectivity index (χ2v) is 7.83. The molecular formula is C13H19ClN2O2S2. The molecule has 4 nitrogen and oxygen atoms in total. The number of benzene rings is 1. The van der Waals surface area contributed by atoms with Crippen LogP contribution in [0.3, 0.4) is 0 Å². The fraction of sp³-hybridized carbons (Fsp3) is 0.462. The normalized spacial score (nSPS) is 12.1. The minimum absolute atomic E-state index is 0.189.